The third-order valence-corrected chi connectivity index (χ3v) is 7.09. The number of pyridine rings is 2. The monoisotopic (exact) mass is 506 g/mol. The molecule has 2 N–H and O–H groups in total. The molecule has 2 aromatic heterocycles. The molecule has 4 heterocycles. The predicted octanol–water partition coefficient (Wildman–Crippen LogP) is 2.42. The van der Waals surface area contributed by atoms with E-state index in [1.807, 2.05) is 24.3 Å². The van der Waals surface area contributed by atoms with Gasteiger partial charge < -0.3 is 24.3 Å². The standard InChI is InChI=1S/C27H26N2O8/c1-2-27(35)19-12-21-24-17(13-29(21)25(33)18(19)14-37-26(27)34)15(16-6-3-4-8-20(16)28-24)7-5-11-36-23(32)10-9-22(30)31/h3-4,6,8,12,35H,2,5,7,9-11,13-14H2,1H3,(H,30,31)/t27-/m0/s1. The van der Waals surface area contributed by atoms with E-state index in [4.69, 9.17) is 19.6 Å². The van der Waals surface area contributed by atoms with E-state index in [1.54, 1.807) is 17.6 Å². The van der Waals surface area contributed by atoms with E-state index in [0.717, 1.165) is 22.0 Å². The smallest absolute Gasteiger partial charge is 0.343 e. The minimum atomic E-state index is -1.89. The van der Waals surface area contributed by atoms with Gasteiger partial charge in [0, 0.05) is 16.5 Å². The van der Waals surface area contributed by atoms with Gasteiger partial charge in [0.2, 0.25) is 0 Å². The highest BCUT2D eigenvalue weighted by atomic mass is 16.6. The fourth-order valence-electron chi connectivity index (χ4n) is 5.11. The number of aliphatic carboxylic acids is 1. The lowest BCUT2D eigenvalue weighted by atomic mass is 9.86. The first-order valence-electron chi connectivity index (χ1n) is 12.2. The fraction of sp³-hybridized carbons (Fsp3) is 0.370. The average molecular weight is 507 g/mol. The molecular weight excluding hydrogens is 480 g/mol. The van der Waals surface area contributed by atoms with Crippen LogP contribution in [0.25, 0.3) is 22.3 Å². The molecule has 10 heteroatoms. The number of hydrogen-bond acceptors (Lipinski definition) is 8. The number of aromatic nitrogens is 2. The molecule has 0 saturated heterocycles. The quantitative estimate of drug-likeness (QED) is 0.272. The summed E-state index contributed by atoms with van der Waals surface area (Å²) < 4.78 is 11.9. The molecule has 37 heavy (non-hydrogen) atoms. The maximum atomic E-state index is 13.5. The summed E-state index contributed by atoms with van der Waals surface area (Å²) in [6.07, 6.45) is 0.653. The molecule has 5 rings (SSSR count). The minimum absolute atomic E-state index is 0.0656. The van der Waals surface area contributed by atoms with Gasteiger partial charge in [-0.2, -0.15) is 0 Å². The van der Waals surface area contributed by atoms with Crippen LogP contribution in [0.4, 0.5) is 0 Å². The zero-order chi connectivity index (χ0) is 26.3. The second kappa shape index (κ2) is 9.44. The van der Waals surface area contributed by atoms with E-state index in [9.17, 15) is 24.3 Å². The van der Waals surface area contributed by atoms with E-state index in [1.165, 1.54) is 0 Å². The van der Waals surface area contributed by atoms with Gasteiger partial charge in [-0.15, -0.1) is 0 Å². The van der Waals surface area contributed by atoms with Crippen LogP contribution in [0.1, 0.15) is 54.9 Å². The largest absolute Gasteiger partial charge is 0.481 e. The number of carboxylic acids is 1. The van der Waals surface area contributed by atoms with Crippen molar-refractivity contribution in [1.82, 2.24) is 9.55 Å². The molecule has 1 atom stereocenters. The normalized spacial score (nSPS) is 17.6. The summed E-state index contributed by atoms with van der Waals surface area (Å²) in [7, 11) is 0. The molecule has 3 aromatic rings. The Morgan fingerprint density at radius 1 is 1.19 bits per heavy atom. The second-order valence-electron chi connectivity index (χ2n) is 9.26. The first-order valence-corrected chi connectivity index (χ1v) is 12.2. The van der Waals surface area contributed by atoms with Gasteiger partial charge in [-0.05, 0) is 37.0 Å². The molecule has 0 amide bonds. The highest BCUT2D eigenvalue weighted by Crippen LogP contribution is 2.40. The number of carbonyl (C=O) groups excluding carboxylic acids is 2. The van der Waals surface area contributed by atoms with Crippen molar-refractivity contribution in [3.8, 4) is 11.4 Å². The topological polar surface area (TPSA) is 145 Å². The number of carbonyl (C=O) groups is 3. The van der Waals surface area contributed by atoms with Gasteiger partial charge in [-0.25, -0.2) is 9.78 Å². The van der Waals surface area contributed by atoms with Crippen molar-refractivity contribution in [1.29, 1.82) is 0 Å². The van der Waals surface area contributed by atoms with E-state index >= 15 is 0 Å². The Kier molecular flexibility index (Phi) is 6.28. The third kappa shape index (κ3) is 4.17. The number of cyclic esters (lactones) is 1. The van der Waals surface area contributed by atoms with Crippen LogP contribution in [0.3, 0.4) is 0 Å². The van der Waals surface area contributed by atoms with Crippen LogP contribution in [-0.2, 0) is 49.0 Å². The highest BCUT2D eigenvalue weighted by Gasteiger charge is 2.45. The first kappa shape index (κ1) is 24.6. The summed E-state index contributed by atoms with van der Waals surface area (Å²) in [6, 6.07) is 9.29. The molecule has 0 aliphatic carbocycles. The summed E-state index contributed by atoms with van der Waals surface area (Å²) in [5, 5.41) is 20.7. The maximum absolute atomic E-state index is 13.5. The number of aryl methyl sites for hydroxylation is 1. The Morgan fingerprint density at radius 2 is 1.97 bits per heavy atom. The molecule has 0 spiro atoms. The number of aliphatic hydroxyl groups is 1. The zero-order valence-corrected chi connectivity index (χ0v) is 20.3. The third-order valence-electron chi connectivity index (χ3n) is 7.09. The van der Waals surface area contributed by atoms with Crippen LogP contribution in [0.5, 0.6) is 0 Å². The lowest BCUT2D eigenvalue weighted by Gasteiger charge is -2.31. The van der Waals surface area contributed by atoms with Crippen molar-refractivity contribution in [2.75, 3.05) is 6.61 Å². The molecule has 0 radical (unpaired) electrons. The number of rotatable bonds is 8. The molecule has 0 saturated carbocycles. The first-order chi connectivity index (χ1) is 17.7. The molecule has 2 aliphatic heterocycles. The predicted molar refractivity (Wildman–Crippen MR) is 131 cm³/mol. The maximum Gasteiger partial charge on any atom is 0.343 e. The van der Waals surface area contributed by atoms with Crippen molar-refractivity contribution in [3.05, 3.63) is 62.9 Å². The highest BCUT2D eigenvalue weighted by molar-refractivity contribution is 5.89. The minimum Gasteiger partial charge on any atom is -0.481 e. The van der Waals surface area contributed by atoms with Crippen LogP contribution in [0.15, 0.2) is 35.1 Å². The van der Waals surface area contributed by atoms with Crippen molar-refractivity contribution < 1.29 is 34.1 Å². The SMILES string of the molecule is CC[C@@]1(O)C(=O)OCc2c1cc1n(c2=O)Cc2c-1nc1ccccc1c2CCCOC(=O)CCC(=O)O. The lowest BCUT2D eigenvalue weighted by Crippen LogP contribution is -2.44. The fourth-order valence-corrected chi connectivity index (χ4v) is 5.11. The number of para-hydroxylation sites is 1. The molecule has 0 unspecified atom stereocenters. The summed E-state index contributed by atoms with van der Waals surface area (Å²) in [5.41, 5.74) is 2.03. The summed E-state index contributed by atoms with van der Waals surface area (Å²) in [5.74, 6) is -2.38. The molecule has 2 aliphatic rings. The van der Waals surface area contributed by atoms with Crippen LogP contribution in [0, 0.1) is 0 Å². The van der Waals surface area contributed by atoms with Crippen molar-refractivity contribution >= 4 is 28.8 Å². The molecule has 10 nitrogen and oxygen atoms in total. The van der Waals surface area contributed by atoms with Crippen LogP contribution >= 0.6 is 0 Å². The number of ether oxygens (including phenoxy) is 2. The average Bonchev–Trinajstić information content (AvgIpc) is 3.26. The van der Waals surface area contributed by atoms with Gasteiger partial charge in [0.05, 0.1) is 48.5 Å². The van der Waals surface area contributed by atoms with Gasteiger partial charge >= 0.3 is 17.9 Å². The van der Waals surface area contributed by atoms with E-state index in [2.05, 4.69) is 0 Å². The number of esters is 2. The van der Waals surface area contributed by atoms with E-state index in [0.29, 0.717) is 24.2 Å². The van der Waals surface area contributed by atoms with E-state index < -0.39 is 23.5 Å². The van der Waals surface area contributed by atoms with Crippen molar-refractivity contribution in [2.45, 2.75) is 57.8 Å². The zero-order valence-electron chi connectivity index (χ0n) is 20.3. The summed E-state index contributed by atoms with van der Waals surface area (Å²) in [4.78, 5) is 53.1. The Balaban J connectivity index is 1.51. The van der Waals surface area contributed by atoms with Crippen LogP contribution in [0.2, 0.25) is 0 Å². The number of hydrogen-bond donors (Lipinski definition) is 2. The van der Waals surface area contributed by atoms with Gasteiger partial charge in [0.1, 0.15) is 6.61 Å². The number of fused-ring (bicyclic) bond motifs is 5. The van der Waals surface area contributed by atoms with Gasteiger partial charge in [-0.3, -0.25) is 14.4 Å². The molecule has 0 fully saturated rings. The Morgan fingerprint density at radius 3 is 2.73 bits per heavy atom. The Labute approximate surface area is 211 Å². The van der Waals surface area contributed by atoms with Crippen molar-refractivity contribution in [2.24, 2.45) is 0 Å². The summed E-state index contributed by atoms with van der Waals surface area (Å²) in [6.45, 7) is 1.88. The van der Waals surface area contributed by atoms with Gasteiger partial charge in [0.25, 0.3) is 5.56 Å². The molecule has 0 bridgehead atoms. The van der Waals surface area contributed by atoms with Crippen molar-refractivity contribution in [3.63, 3.8) is 0 Å². The Bertz CT molecular complexity index is 1510. The molecule has 192 valence electrons. The van der Waals surface area contributed by atoms with Crippen LogP contribution < -0.4 is 5.56 Å². The van der Waals surface area contributed by atoms with E-state index in [-0.39, 0.29) is 55.7 Å². The van der Waals surface area contributed by atoms with Crippen LogP contribution in [-0.4, -0.2) is 44.3 Å². The number of nitrogens with zero attached hydrogens (tertiary/aromatic N) is 2. The Hall–Kier alpha value is -4.05. The lowest BCUT2D eigenvalue weighted by molar-refractivity contribution is -0.172. The molecular formula is C27H26N2O8. The number of benzene rings is 1. The van der Waals surface area contributed by atoms with Gasteiger partial charge in [0.15, 0.2) is 5.60 Å². The summed E-state index contributed by atoms with van der Waals surface area (Å²) >= 11 is 0. The van der Waals surface area contributed by atoms with Gasteiger partial charge in [-0.1, -0.05) is 25.1 Å². The molecule has 1 aromatic carbocycles. The second-order valence-corrected chi connectivity index (χ2v) is 9.26. The number of carboxylic acid groups (broad SMARTS) is 1.